The third-order valence-corrected chi connectivity index (χ3v) is 2.50. The maximum absolute atomic E-state index is 8.92. The van der Waals surface area contributed by atoms with Gasteiger partial charge in [0, 0.05) is 12.6 Å². The van der Waals surface area contributed by atoms with E-state index in [2.05, 4.69) is 12.2 Å². The number of para-hydroxylation sites is 1. The van der Waals surface area contributed by atoms with Gasteiger partial charge in [0.1, 0.15) is 12.4 Å². The van der Waals surface area contributed by atoms with Gasteiger partial charge in [-0.05, 0) is 31.5 Å². The fourth-order valence-corrected chi connectivity index (χ4v) is 1.60. The van der Waals surface area contributed by atoms with E-state index in [0.717, 1.165) is 24.3 Å². The van der Waals surface area contributed by atoms with E-state index in [4.69, 9.17) is 9.84 Å². The predicted molar refractivity (Wildman–Crippen MR) is 65.8 cm³/mol. The molecule has 0 heterocycles. The lowest BCUT2D eigenvalue weighted by Gasteiger charge is -2.18. The number of aliphatic hydroxyl groups is 1. The Morgan fingerprint density at radius 2 is 2.12 bits per heavy atom. The summed E-state index contributed by atoms with van der Waals surface area (Å²) in [5, 5.41) is 12.2. The molecule has 16 heavy (non-hydrogen) atoms. The summed E-state index contributed by atoms with van der Waals surface area (Å²) in [6.07, 6.45) is 0.722. The number of hydrogen-bond acceptors (Lipinski definition) is 3. The molecule has 0 spiro atoms. The van der Waals surface area contributed by atoms with Crippen molar-refractivity contribution < 1.29 is 9.84 Å². The molecular weight excluding hydrogens is 202 g/mol. The van der Waals surface area contributed by atoms with Crippen molar-refractivity contribution in [3.8, 4) is 5.75 Å². The van der Waals surface area contributed by atoms with E-state index in [1.807, 2.05) is 31.2 Å². The molecule has 3 nitrogen and oxygen atoms in total. The number of benzene rings is 1. The third kappa shape index (κ3) is 4.21. The number of likely N-dealkylation sites (N-methyl/N-ethyl adjacent to an activating group) is 1. The van der Waals surface area contributed by atoms with Crippen LogP contribution in [-0.4, -0.2) is 30.9 Å². The first-order chi connectivity index (χ1) is 7.77. The lowest BCUT2D eigenvalue weighted by Crippen LogP contribution is -2.35. The molecule has 0 saturated heterocycles. The highest BCUT2D eigenvalue weighted by Crippen LogP contribution is 2.16. The molecule has 2 N–H and O–H groups in total. The van der Waals surface area contributed by atoms with E-state index in [-0.39, 0.29) is 12.6 Å². The van der Waals surface area contributed by atoms with Crippen LogP contribution < -0.4 is 10.1 Å². The van der Waals surface area contributed by atoms with Crippen LogP contribution >= 0.6 is 0 Å². The van der Waals surface area contributed by atoms with Crippen molar-refractivity contribution in [3.63, 3.8) is 0 Å². The Bertz CT molecular complexity index is 296. The van der Waals surface area contributed by atoms with Crippen LogP contribution in [0.1, 0.15) is 18.9 Å². The van der Waals surface area contributed by atoms with Gasteiger partial charge in [-0.25, -0.2) is 0 Å². The summed E-state index contributed by atoms with van der Waals surface area (Å²) in [6, 6.07) is 8.18. The van der Waals surface area contributed by atoms with E-state index in [1.165, 1.54) is 0 Å². The number of aryl methyl sites for hydroxylation is 1. The first kappa shape index (κ1) is 13.0. The molecule has 0 aliphatic heterocycles. The van der Waals surface area contributed by atoms with E-state index in [9.17, 15) is 0 Å². The summed E-state index contributed by atoms with van der Waals surface area (Å²) >= 11 is 0. The number of hydrogen-bond donors (Lipinski definition) is 2. The molecule has 0 saturated carbocycles. The van der Waals surface area contributed by atoms with Gasteiger partial charge in [-0.1, -0.05) is 25.1 Å². The van der Waals surface area contributed by atoms with Crippen LogP contribution in [0, 0.1) is 6.92 Å². The second-order valence-corrected chi connectivity index (χ2v) is 3.84. The van der Waals surface area contributed by atoms with Crippen LogP contribution in [0.25, 0.3) is 0 Å². The Labute approximate surface area is 97.4 Å². The van der Waals surface area contributed by atoms with Crippen molar-refractivity contribution in [1.82, 2.24) is 5.32 Å². The van der Waals surface area contributed by atoms with Gasteiger partial charge in [-0.15, -0.1) is 0 Å². The molecule has 0 aliphatic rings. The van der Waals surface area contributed by atoms with Crippen molar-refractivity contribution in [2.75, 3.05) is 19.8 Å². The van der Waals surface area contributed by atoms with E-state index >= 15 is 0 Å². The van der Waals surface area contributed by atoms with Crippen molar-refractivity contribution >= 4 is 0 Å². The lowest BCUT2D eigenvalue weighted by atomic mass is 10.2. The number of aliphatic hydroxyl groups excluding tert-OH is 1. The Morgan fingerprint density at radius 3 is 2.75 bits per heavy atom. The normalized spacial score (nSPS) is 12.4. The summed E-state index contributed by atoms with van der Waals surface area (Å²) in [5.74, 6) is 0.920. The van der Waals surface area contributed by atoms with Crippen LogP contribution in [0.15, 0.2) is 24.3 Å². The monoisotopic (exact) mass is 223 g/mol. The van der Waals surface area contributed by atoms with Crippen LogP contribution in [0.4, 0.5) is 0 Å². The van der Waals surface area contributed by atoms with E-state index < -0.39 is 0 Å². The lowest BCUT2D eigenvalue weighted by molar-refractivity contribution is 0.214. The molecule has 0 aromatic heterocycles. The first-order valence-electron chi connectivity index (χ1n) is 5.80. The average Bonchev–Trinajstić information content (AvgIpc) is 2.28. The fourth-order valence-electron chi connectivity index (χ4n) is 1.60. The molecule has 3 heteroatoms. The van der Waals surface area contributed by atoms with Crippen molar-refractivity contribution in [1.29, 1.82) is 0 Å². The molecule has 0 fully saturated rings. The molecule has 1 aromatic carbocycles. The van der Waals surface area contributed by atoms with Gasteiger partial charge in [0.15, 0.2) is 0 Å². The van der Waals surface area contributed by atoms with Crippen LogP contribution in [0.2, 0.25) is 0 Å². The molecule has 0 bridgehead atoms. The average molecular weight is 223 g/mol. The summed E-state index contributed by atoms with van der Waals surface area (Å²) in [5.41, 5.74) is 1.14. The zero-order valence-electron chi connectivity index (χ0n) is 10.1. The molecule has 90 valence electrons. The molecular formula is C13H21NO2. The van der Waals surface area contributed by atoms with Crippen molar-refractivity contribution in [2.45, 2.75) is 26.3 Å². The minimum atomic E-state index is 0.189. The summed E-state index contributed by atoms with van der Waals surface area (Å²) < 4.78 is 5.73. The second kappa shape index (κ2) is 7.25. The molecule has 1 unspecified atom stereocenters. The third-order valence-electron chi connectivity index (χ3n) is 2.50. The van der Waals surface area contributed by atoms with Crippen LogP contribution in [-0.2, 0) is 0 Å². The number of ether oxygens (including phenoxy) is 1. The highest BCUT2D eigenvalue weighted by atomic mass is 16.5. The van der Waals surface area contributed by atoms with Crippen molar-refractivity contribution in [3.05, 3.63) is 29.8 Å². The SMILES string of the molecule is CCNC(CCO)COc1ccccc1C. The minimum Gasteiger partial charge on any atom is -0.492 e. The minimum absolute atomic E-state index is 0.189. The maximum Gasteiger partial charge on any atom is 0.122 e. The van der Waals surface area contributed by atoms with Crippen molar-refractivity contribution in [2.24, 2.45) is 0 Å². The second-order valence-electron chi connectivity index (χ2n) is 3.84. The summed E-state index contributed by atoms with van der Waals surface area (Å²) in [4.78, 5) is 0. The Morgan fingerprint density at radius 1 is 1.38 bits per heavy atom. The Balaban J connectivity index is 2.45. The van der Waals surface area contributed by atoms with Crippen LogP contribution in [0.5, 0.6) is 5.75 Å². The zero-order chi connectivity index (χ0) is 11.8. The van der Waals surface area contributed by atoms with Gasteiger partial charge in [0.25, 0.3) is 0 Å². The molecule has 1 aromatic rings. The molecule has 0 aliphatic carbocycles. The van der Waals surface area contributed by atoms with E-state index in [1.54, 1.807) is 0 Å². The highest BCUT2D eigenvalue weighted by Gasteiger charge is 2.07. The quantitative estimate of drug-likeness (QED) is 0.739. The number of nitrogens with one attached hydrogen (secondary N) is 1. The topological polar surface area (TPSA) is 41.5 Å². The highest BCUT2D eigenvalue weighted by molar-refractivity contribution is 5.31. The molecule has 1 rings (SSSR count). The zero-order valence-corrected chi connectivity index (χ0v) is 10.1. The standard InChI is InChI=1S/C13H21NO2/c1-3-14-12(8-9-15)10-16-13-7-5-4-6-11(13)2/h4-7,12,14-15H,3,8-10H2,1-2H3. The first-order valence-corrected chi connectivity index (χ1v) is 5.80. The fraction of sp³-hybridized carbons (Fsp3) is 0.538. The Kier molecular flexibility index (Phi) is 5.90. The number of rotatable bonds is 7. The predicted octanol–water partition coefficient (Wildman–Crippen LogP) is 1.73. The molecule has 0 amide bonds. The molecule has 1 atom stereocenters. The summed E-state index contributed by atoms with van der Waals surface area (Å²) in [6.45, 7) is 5.76. The van der Waals surface area contributed by atoms with E-state index in [0.29, 0.717) is 6.61 Å². The van der Waals surface area contributed by atoms with Gasteiger partial charge >= 0.3 is 0 Å². The van der Waals surface area contributed by atoms with Gasteiger partial charge in [-0.2, -0.15) is 0 Å². The smallest absolute Gasteiger partial charge is 0.122 e. The van der Waals surface area contributed by atoms with Gasteiger partial charge in [-0.3, -0.25) is 0 Å². The van der Waals surface area contributed by atoms with Crippen LogP contribution in [0.3, 0.4) is 0 Å². The maximum atomic E-state index is 8.92. The van der Waals surface area contributed by atoms with Gasteiger partial charge < -0.3 is 15.2 Å². The largest absolute Gasteiger partial charge is 0.492 e. The Hall–Kier alpha value is -1.06. The van der Waals surface area contributed by atoms with Gasteiger partial charge in [0.05, 0.1) is 0 Å². The summed E-state index contributed by atoms with van der Waals surface area (Å²) in [7, 11) is 0. The van der Waals surface area contributed by atoms with Gasteiger partial charge in [0.2, 0.25) is 0 Å². The molecule has 0 radical (unpaired) electrons.